The molecule has 1 atom stereocenters. The molecule has 1 aliphatic rings. The SMILES string of the molecule is O=C(Cn1ccnn1)N1CCCC1CCCO. The van der Waals surface area contributed by atoms with Crippen LogP contribution in [0.25, 0.3) is 0 Å². The van der Waals surface area contributed by atoms with E-state index in [-0.39, 0.29) is 25.1 Å². The second-order valence-corrected chi connectivity index (χ2v) is 4.35. The molecule has 2 heterocycles. The van der Waals surface area contributed by atoms with Gasteiger partial charge in [-0.2, -0.15) is 0 Å². The lowest BCUT2D eigenvalue weighted by molar-refractivity contribution is -0.133. The predicted molar refractivity (Wildman–Crippen MR) is 61.1 cm³/mol. The monoisotopic (exact) mass is 238 g/mol. The second-order valence-electron chi connectivity index (χ2n) is 4.35. The van der Waals surface area contributed by atoms with Gasteiger partial charge in [-0.1, -0.05) is 5.21 Å². The second kappa shape index (κ2) is 5.77. The average Bonchev–Trinajstić information content (AvgIpc) is 2.96. The van der Waals surface area contributed by atoms with Gasteiger partial charge in [0.1, 0.15) is 6.54 Å². The van der Waals surface area contributed by atoms with Crippen molar-refractivity contribution in [2.45, 2.75) is 38.3 Å². The van der Waals surface area contributed by atoms with Gasteiger partial charge in [0.2, 0.25) is 5.91 Å². The van der Waals surface area contributed by atoms with Crippen LogP contribution in [0.15, 0.2) is 12.4 Å². The van der Waals surface area contributed by atoms with E-state index < -0.39 is 0 Å². The molecular formula is C11H18N4O2. The lowest BCUT2D eigenvalue weighted by Gasteiger charge is -2.24. The molecule has 94 valence electrons. The molecule has 1 aromatic heterocycles. The van der Waals surface area contributed by atoms with Crippen molar-refractivity contribution in [1.82, 2.24) is 19.9 Å². The van der Waals surface area contributed by atoms with Gasteiger partial charge in [0, 0.05) is 25.4 Å². The fourth-order valence-corrected chi connectivity index (χ4v) is 2.34. The Hall–Kier alpha value is -1.43. The fraction of sp³-hybridized carbons (Fsp3) is 0.727. The number of aliphatic hydroxyl groups excluding tert-OH is 1. The highest BCUT2D eigenvalue weighted by atomic mass is 16.3. The van der Waals surface area contributed by atoms with Crippen LogP contribution in [0.4, 0.5) is 0 Å². The van der Waals surface area contributed by atoms with Crippen molar-refractivity contribution in [3.63, 3.8) is 0 Å². The molecule has 1 amide bonds. The summed E-state index contributed by atoms with van der Waals surface area (Å²) >= 11 is 0. The molecular weight excluding hydrogens is 220 g/mol. The van der Waals surface area contributed by atoms with Gasteiger partial charge in [-0.05, 0) is 25.7 Å². The highest BCUT2D eigenvalue weighted by Gasteiger charge is 2.28. The summed E-state index contributed by atoms with van der Waals surface area (Å²) < 4.78 is 1.55. The summed E-state index contributed by atoms with van der Waals surface area (Å²) in [6.45, 7) is 1.28. The number of aromatic nitrogens is 3. The lowest BCUT2D eigenvalue weighted by atomic mass is 10.1. The van der Waals surface area contributed by atoms with Crippen molar-refractivity contribution in [3.05, 3.63) is 12.4 Å². The Kier molecular flexibility index (Phi) is 4.08. The van der Waals surface area contributed by atoms with Crippen molar-refractivity contribution in [3.8, 4) is 0 Å². The Morgan fingerprint density at radius 2 is 2.41 bits per heavy atom. The summed E-state index contributed by atoms with van der Waals surface area (Å²) in [5, 5.41) is 16.3. The Balaban J connectivity index is 1.89. The minimum atomic E-state index is 0.0935. The van der Waals surface area contributed by atoms with Crippen LogP contribution in [0.3, 0.4) is 0 Å². The number of hydrogen-bond acceptors (Lipinski definition) is 4. The minimum Gasteiger partial charge on any atom is -0.396 e. The van der Waals surface area contributed by atoms with Crippen LogP contribution in [-0.2, 0) is 11.3 Å². The number of nitrogens with zero attached hydrogens (tertiary/aromatic N) is 4. The zero-order valence-corrected chi connectivity index (χ0v) is 9.83. The van der Waals surface area contributed by atoms with Crippen LogP contribution < -0.4 is 0 Å². The molecule has 1 saturated heterocycles. The minimum absolute atomic E-state index is 0.0935. The first kappa shape index (κ1) is 12.0. The number of aliphatic hydroxyl groups is 1. The molecule has 0 aromatic carbocycles. The fourth-order valence-electron chi connectivity index (χ4n) is 2.34. The van der Waals surface area contributed by atoms with Crippen LogP contribution in [0.5, 0.6) is 0 Å². The van der Waals surface area contributed by atoms with Crippen molar-refractivity contribution in [1.29, 1.82) is 0 Å². The number of carbonyl (C=O) groups excluding carboxylic acids is 1. The first-order chi connectivity index (χ1) is 8.31. The average molecular weight is 238 g/mol. The Labute approximate surface area is 100 Å². The molecule has 1 aromatic rings. The highest BCUT2D eigenvalue weighted by molar-refractivity contribution is 5.76. The summed E-state index contributed by atoms with van der Waals surface area (Å²) in [5.41, 5.74) is 0. The molecule has 1 aliphatic heterocycles. The normalized spacial score (nSPS) is 19.8. The highest BCUT2D eigenvalue weighted by Crippen LogP contribution is 2.21. The maximum absolute atomic E-state index is 12.1. The van der Waals surface area contributed by atoms with Crippen LogP contribution >= 0.6 is 0 Å². The number of rotatable bonds is 5. The molecule has 17 heavy (non-hydrogen) atoms. The Bertz CT molecular complexity index is 352. The zero-order chi connectivity index (χ0) is 12.1. The van der Waals surface area contributed by atoms with E-state index in [0.29, 0.717) is 0 Å². The summed E-state index contributed by atoms with van der Waals surface area (Å²) in [7, 11) is 0. The molecule has 6 heteroatoms. The van der Waals surface area contributed by atoms with Gasteiger partial charge >= 0.3 is 0 Å². The van der Waals surface area contributed by atoms with Crippen molar-refractivity contribution < 1.29 is 9.90 Å². The van der Waals surface area contributed by atoms with E-state index in [9.17, 15) is 4.79 Å². The third-order valence-corrected chi connectivity index (χ3v) is 3.16. The molecule has 1 N–H and O–H groups in total. The van der Waals surface area contributed by atoms with E-state index in [1.165, 1.54) is 0 Å². The van der Waals surface area contributed by atoms with Gasteiger partial charge in [0.05, 0.1) is 6.20 Å². The van der Waals surface area contributed by atoms with Gasteiger partial charge in [-0.15, -0.1) is 5.10 Å². The summed E-state index contributed by atoms with van der Waals surface area (Å²) in [4.78, 5) is 14.0. The van der Waals surface area contributed by atoms with Crippen molar-refractivity contribution in [2.24, 2.45) is 0 Å². The summed E-state index contributed by atoms with van der Waals surface area (Å²) in [6.07, 6.45) is 7.01. The van der Waals surface area contributed by atoms with E-state index in [0.717, 1.165) is 32.2 Å². The molecule has 0 aliphatic carbocycles. The molecule has 0 radical (unpaired) electrons. The lowest BCUT2D eigenvalue weighted by Crippen LogP contribution is -2.38. The molecule has 0 saturated carbocycles. The predicted octanol–water partition coefficient (Wildman–Crippen LogP) is 0.0416. The van der Waals surface area contributed by atoms with E-state index in [1.807, 2.05) is 4.90 Å². The van der Waals surface area contributed by atoms with Gasteiger partial charge in [0.15, 0.2) is 0 Å². The zero-order valence-electron chi connectivity index (χ0n) is 9.83. The number of hydrogen-bond donors (Lipinski definition) is 1. The Morgan fingerprint density at radius 3 is 3.12 bits per heavy atom. The standard InChI is InChI=1S/C11H18N4O2/c16-8-2-4-10-3-1-6-15(10)11(17)9-14-7-5-12-13-14/h5,7,10,16H,1-4,6,8-9H2. The van der Waals surface area contributed by atoms with Gasteiger partial charge in [0.25, 0.3) is 0 Å². The van der Waals surface area contributed by atoms with Gasteiger partial charge in [-0.3, -0.25) is 4.79 Å². The number of likely N-dealkylation sites (tertiary alicyclic amines) is 1. The van der Waals surface area contributed by atoms with E-state index in [1.54, 1.807) is 17.1 Å². The molecule has 1 unspecified atom stereocenters. The maximum atomic E-state index is 12.1. The summed E-state index contributed by atoms with van der Waals surface area (Å²) in [5.74, 6) is 0.0935. The Morgan fingerprint density at radius 1 is 1.53 bits per heavy atom. The quantitative estimate of drug-likeness (QED) is 0.786. The molecule has 6 nitrogen and oxygen atoms in total. The first-order valence-electron chi connectivity index (χ1n) is 6.05. The van der Waals surface area contributed by atoms with E-state index >= 15 is 0 Å². The largest absolute Gasteiger partial charge is 0.396 e. The van der Waals surface area contributed by atoms with E-state index in [2.05, 4.69) is 10.3 Å². The van der Waals surface area contributed by atoms with Crippen LogP contribution in [0.1, 0.15) is 25.7 Å². The number of carbonyl (C=O) groups is 1. The summed E-state index contributed by atoms with van der Waals surface area (Å²) in [6, 6.07) is 0.290. The topological polar surface area (TPSA) is 71.2 Å². The first-order valence-corrected chi connectivity index (χ1v) is 6.05. The molecule has 0 bridgehead atoms. The third kappa shape index (κ3) is 3.03. The van der Waals surface area contributed by atoms with Crippen LogP contribution in [0, 0.1) is 0 Å². The number of amides is 1. The maximum Gasteiger partial charge on any atom is 0.244 e. The molecule has 1 fully saturated rings. The smallest absolute Gasteiger partial charge is 0.244 e. The molecule has 0 spiro atoms. The van der Waals surface area contributed by atoms with Crippen LogP contribution in [0.2, 0.25) is 0 Å². The molecule has 2 rings (SSSR count). The van der Waals surface area contributed by atoms with Crippen molar-refractivity contribution >= 4 is 5.91 Å². The van der Waals surface area contributed by atoms with E-state index in [4.69, 9.17) is 5.11 Å². The van der Waals surface area contributed by atoms with Crippen LogP contribution in [-0.4, -0.2) is 50.1 Å². The van der Waals surface area contributed by atoms with Gasteiger partial charge < -0.3 is 10.0 Å². The third-order valence-electron chi connectivity index (χ3n) is 3.16. The van der Waals surface area contributed by atoms with Gasteiger partial charge in [-0.25, -0.2) is 4.68 Å². The van der Waals surface area contributed by atoms with Crippen molar-refractivity contribution in [2.75, 3.05) is 13.2 Å².